The molecule has 0 spiro atoms. The van der Waals surface area contributed by atoms with Crippen molar-refractivity contribution >= 4 is 9.84 Å². The highest BCUT2D eigenvalue weighted by atomic mass is 32.2. The van der Waals surface area contributed by atoms with Gasteiger partial charge in [-0.15, -0.1) is 0 Å². The van der Waals surface area contributed by atoms with Crippen LogP contribution in [0.4, 0.5) is 8.78 Å². The summed E-state index contributed by atoms with van der Waals surface area (Å²) in [5.74, 6) is -1.69. The summed E-state index contributed by atoms with van der Waals surface area (Å²) in [5.41, 5.74) is 0.589. The van der Waals surface area contributed by atoms with Crippen molar-refractivity contribution in [2.45, 2.75) is 17.3 Å². The van der Waals surface area contributed by atoms with Crippen LogP contribution in [0.1, 0.15) is 11.1 Å². The molecule has 2 aromatic rings. The standard InChI is InChI=1S/C15H12F2O4S/c16-12-5-10-7-20-9-21-15(10)11(6-12)8-22(18,19)14-4-2-1-3-13(14)17/h1-6H,7-9H2. The summed E-state index contributed by atoms with van der Waals surface area (Å²) in [6.07, 6.45) is 0. The second-order valence-electron chi connectivity index (χ2n) is 4.85. The predicted octanol–water partition coefficient (Wildman–Crippen LogP) is 2.81. The second kappa shape index (κ2) is 5.66. The smallest absolute Gasteiger partial charge is 0.189 e. The van der Waals surface area contributed by atoms with Crippen molar-refractivity contribution < 1.29 is 26.7 Å². The average Bonchev–Trinajstić information content (AvgIpc) is 2.47. The van der Waals surface area contributed by atoms with Crippen molar-refractivity contribution in [1.82, 2.24) is 0 Å². The van der Waals surface area contributed by atoms with Crippen molar-refractivity contribution in [1.29, 1.82) is 0 Å². The van der Waals surface area contributed by atoms with Crippen LogP contribution < -0.4 is 4.74 Å². The Bertz CT molecular complexity index is 818. The minimum absolute atomic E-state index is 0.0363. The molecule has 0 fully saturated rings. The van der Waals surface area contributed by atoms with E-state index in [1.54, 1.807) is 0 Å². The minimum atomic E-state index is -3.96. The van der Waals surface area contributed by atoms with E-state index in [4.69, 9.17) is 9.47 Å². The highest BCUT2D eigenvalue weighted by Gasteiger charge is 2.24. The second-order valence-corrected chi connectivity index (χ2v) is 6.81. The molecule has 2 aromatic carbocycles. The third-order valence-electron chi connectivity index (χ3n) is 3.27. The maximum Gasteiger partial charge on any atom is 0.189 e. The molecule has 0 atom stereocenters. The first kappa shape index (κ1) is 14.9. The fourth-order valence-corrected chi connectivity index (χ4v) is 3.77. The predicted molar refractivity (Wildman–Crippen MR) is 74.0 cm³/mol. The Morgan fingerprint density at radius 3 is 2.68 bits per heavy atom. The third kappa shape index (κ3) is 2.82. The van der Waals surface area contributed by atoms with Crippen LogP contribution in [0.15, 0.2) is 41.3 Å². The Labute approximate surface area is 126 Å². The molecule has 4 nitrogen and oxygen atoms in total. The van der Waals surface area contributed by atoms with E-state index in [9.17, 15) is 17.2 Å². The van der Waals surface area contributed by atoms with Crippen LogP contribution in [0.3, 0.4) is 0 Å². The molecule has 0 aliphatic carbocycles. The van der Waals surface area contributed by atoms with E-state index in [0.29, 0.717) is 5.56 Å². The molecule has 1 aliphatic heterocycles. The lowest BCUT2D eigenvalue weighted by Crippen LogP contribution is -2.15. The molecule has 0 saturated carbocycles. The zero-order chi connectivity index (χ0) is 15.7. The highest BCUT2D eigenvalue weighted by molar-refractivity contribution is 7.90. The maximum absolute atomic E-state index is 13.7. The molecule has 0 unspecified atom stereocenters. The van der Waals surface area contributed by atoms with Gasteiger partial charge in [0.1, 0.15) is 22.3 Å². The van der Waals surface area contributed by atoms with Gasteiger partial charge in [-0.25, -0.2) is 17.2 Å². The summed E-state index contributed by atoms with van der Waals surface area (Å²) in [6, 6.07) is 7.40. The first-order valence-electron chi connectivity index (χ1n) is 6.46. The number of ether oxygens (including phenoxy) is 2. The third-order valence-corrected chi connectivity index (χ3v) is 4.96. The minimum Gasteiger partial charge on any atom is -0.467 e. The van der Waals surface area contributed by atoms with Crippen LogP contribution >= 0.6 is 0 Å². The normalized spacial score (nSPS) is 14.3. The Morgan fingerprint density at radius 1 is 1.14 bits per heavy atom. The molecule has 116 valence electrons. The van der Waals surface area contributed by atoms with Gasteiger partial charge in [-0.05, 0) is 24.3 Å². The van der Waals surface area contributed by atoms with E-state index in [-0.39, 0.29) is 24.7 Å². The van der Waals surface area contributed by atoms with Crippen LogP contribution in [-0.4, -0.2) is 15.2 Å². The zero-order valence-electron chi connectivity index (χ0n) is 11.4. The summed E-state index contributed by atoms with van der Waals surface area (Å²) in [6.45, 7) is 0.102. The number of hydrogen-bond acceptors (Lipinski definition) is 4. The monoisotopic (exact) mass is 326 g/mol. The van der Waals surface area contributed by atoms with Crippen molar-refractivity contribution in [2.24, 2.45) is 0 Å². The lowest BCUT2D eigenvalue weighted by molar-refractivity contribution is -0.0171. The first-order valence-corrected chi connectivity index (χ1v) is 8.12. The van der Waals surface area contributed by atoms with E-state index in [1.807, 2.05) is 0 Å². The Morgan fingerprint density at radius 2 is 1.91 bits per heavy atom. The zero-order valence-corrected chi connectivity index (χ0v) is 12.2. The van der Waals surface area contributed by atoms with Crippen molar-refractivity contribution in [3.05, 3.63) is 59.2 Å². The van der Waals surface area contributed by atoms with E-state index in [1.165, 1.54) is 24.3 Å². The van der Waals surface area contributed by atoms with Gasteiger partial charge in [0.25, 0.3) is 0 Å². The van der Waals surface area contributed by atoms with Gasteiger partial charge < -0.3 is 9.47 Å². The van der Waals surface area contributed by atoms with E-state index in [2.05, 4.69) is 0 Å². The number of hydrogen-bond donors (Lipinski definition) is 0. The van der Waals surface area contributed by atoms with Gasteiger partial charge in [-0.1, -0.05) is 12.1 Å². The SMILES string of the molecule is O=S(=O)(Cc1cc(F)cc2c1OCOC2)c1ccccc1F. The number of sulfone groups is 1. The molecule has 0 N–H and O–H groups in total. The molecule has 0 radical (unpaired) electrons. The van der Waals surface area contributed by atoms with Gasteiger partial charge in [-0.3, -0.25) is 0 Å². The van der Waals surface area contributed by atoms with Gasteiger partial charge >= 0.3 is 0 Å². The average molecular weight is 326 g/mol. The molecule has 1 aliphatic rings. The van der Waals surface area contributed by atoms with Gasteiger partial charge in [0.15, 0.2) is 16.6 Å². The molecule has 0 bridgehead atoms. The molecule has 3 rings (SSSR count). The quantitative estimate of drug-likeness (QED) is 0.870. The van der Waals surface area contributed by atoms with Crippen LogP contribution in [0.2, 0.25) is 0 Å². The molecular weight excluding hydrogens is 314 g/mol. The fraction of sp³-hybridized carbons (Fsp3) is 0.200. The number of rotatable bonds is 3. The number of fused-ring (bicyclic) bond motifs is 1. The molecule has 7 heteroatoms. The lowest BCUT2D eigenvalue weighted by atomic mass is 10.1. The highest BCUT2D eigenvalue weighted by Crippen LogP contribution is 2.32. The molecular formula is C15H12F2O4S. The Hall–Kier alpha value is -1.99. The Balaban J connectivity index is 2.03. The number of benzene rings is 2. The maximum atomic E-state index is 13.7. The summed E-state index contributed by atoms with van der Waals surface area (Å²) >= 11 is 0. The molecule has 1 heterocycles. The van der Waals surface area contributed by atoms with Crippen molar-refractivity contribution in [2.75, 3.05) is 6.79 Å². The molecule has 22 heavy (non-hydrogen) atoms. The van der Waals surface area contributed by atoms with Gasteiger partial charge in [0.05, 0.1) is 12.4 Å². The number of halogens is 2. The Kier molecular flexibility index (Phi) is 3.84. The van der Waals surface area contributed by atoms with Crippen LogP contribution in [-0.2, 0) is 26.9 Å². The van der Waals surface area contributed by atoms with Gasteiger partial charge in [0.2, 0.25) is 0 Å². The van der Waals surface area contributed by atoms with Gasteiger partial charge in [-0.2, -0.15) is 0 Å². The van der Waals surface area contributed by atoms with E-state index >= 15 is 0 Å². The van der Waals surface area contributed by atoms with Crippen molar-refractivity contribution in [3.8, 4) is 5.75 Å². The van der Waals surface area contributed by atoms with Crippen molar-refractivity contribution in [3.63, 3.8) is 0 Å². The topological polar surface area (TPSA) is 52.6 Å². The van der Waals surface area contributed by atoms with Crippen LogP contribution in [0.25, 0.3) is 0 Å². The first-order chi connectivity index (χ1) is 10.5. The molecule has 0 aromatic heterocycles. The van der Waals surface area contributed by atoms with Crippen LogP contribution in [0.5, 0.6) is 5.75 Å². The summed E-state index contributed by atoms with van der Waals surface area (Å²) in [4.78, 5) is -0.417. The van der Waals surface area contributed by atoms with E-state index < -0.39 is 32.1 Å². The lowest BCUT2D eigenvalue weighted by Gasteiger charge is -2.20. The fourth-order valence-electron chi connectivity index (χ4n) is 2.34. The summed E-state index contributed by atoms with van der Waals surface area (Å²) in [7, 11) is -3.96. The van der Waals surface area contributed by atoms with Crippen LogP contribution in [0, 0.1) is 11.6 Å². The van der Waals surface area contributed by atoms with E-state index in [0.717, 1.165) is 12.1 Å². The summed E-state index contributed by atoms with van der Waals surface area (Å²) < 4.78 is 62.4. The van der Waals surface area contributed by atoms with Gasteiger partial charge in [0, 0.05) is 11.1 Å². The largest absolute Gasteiger partial charge is 0.467 e. The molecule has 0 amide bonds. The summed E-state index contributed by atoms with van der Waals surface area (Å²) in [5, 5.41) is 0. The molecule has 0 saturated heterocycles.